The minimum Gasteiger partial charge on any atom is -0.298 e. The lowest BCUT2D eigenvalue weighted by atomic mass is 10.0. The third-order valence-corrected chi connectivity index (χ3v) is 6.45. The fourth-order valence-corrected chi connectivity index (χ4v) is 4.84. The van der Waals surface area contributed by atoms with Crippen molar-refractivity contribution in [2.24, 2.45) is 0 Å². The highest BCUT2D eigenvalue weighted by molar-refractivity contribution is 7.89. The van der Waals surface area contributed by atoms with Gasteiger partial charge < -0.3 is 0 Å². The van der Waals surface area contributed by atoms with E-state index in [1.54, 1.807) is 0 Å². The molecule has 21 heavy (non-hydrogen) atoms. The third-order valence-electron chi connectivity index (χ3n) is 4.31. The van der Waals surface area contributed by atoms with E-state index in [0.29, 0.717) is 13.1 Å². The summed E-state index contributed by atoms with van der Waals surface area (Å²) in [6, 6.07) is 3.97. The van der Waals surface area contributed by atoms with Crippen LogP contribution in [0.2, 0.25) is 5.02 Å². The number of sulfonamides is 1. The zero-order chi connectivity index (χ0) is 15.0. The van der Waals surface area contributed by atoms with E-state index in [2.05, 4.69) is 4.90 Å². The van der Waals surface area contributed by atoms with E-state index in [1.165, 1.54) is 22.9 Å². The standard InChI is InChI=1S/C14H18ClFN2O2S/c15-11-4-5-14(13(16)9-11)21(19,20)18-8-7-17-6-2-1-3-12(17)10-18/h4-5,9,12H,1-3,6-8,10H2. The summed E-state index contributed by atoms with van der Waals surface area (Å²) < 4.78 is 40.6. The second-order valence-corrected chi connectivity index (χ2v) is 7.97. The van der Waals surface area contributed by atoms with Crippen LogP contribution in [0.4, 0.5) is 4.39 Å². The molecule has 1 atom stereocenters. The highest BCUT2D eigenvalue weighted by Crippen LogP contribution is 2.27. The van der Waals surface area contributed by atoms with E-state index in [4.69, 9.17) is 11.6 Å². The molecule has 116 valence electrons. The predicted octanol–water partition coefficient (Wildman–Crippen LogP) is 2.34. The van der Waals surface area contributed by atoms with Gasteiger partial charge in [-0.1, -0.05) is 18.0 Å². The van der Waals surface area contributed by atoms with Gasteiger partial charge in [0, 0.05) is 30.7 Å². The lowest BCUT2D eigenvalue weighted by Gasteiger charge is -2.43. The van der Waals surface area contributed by atoms with Crippen LogP contribution in [-0.2, 0) is 10.0 Å². The molecule has 0 spiro atoms. The Bertz CT molecular complexity index is 638. The number of benzene rings is 1. The zero-order valence-corrected chi connectivity index (χ0v) is 13.2. The van der Waals surface area contributed by atoms with Gasteiger partial charge in [0.25, 0.3) is 0 Å². The molecule has 0 aliphatic carbocycles. The molecule has 4 nitrogen and oxygen atoms in total. The second kappa shape index (κ2) is 5.83. The molecule has 0 radical (unpaired) electrons. The summed E-state index contributed by atoms with van der Waals surface area (Å²) in [6.07, 6.45) is 3.31. The Hall–Kier alpha value is -0.690. The number of halogens is 2. The van der Waals surface area contributed by atoms with Crippen LogP contribution in [0.25, 0.3) is 0 Å². The molecule has 0 bridgehead atoms. The second-order valence-electron chi connectivity index (χ2n) is 5.62. The smallest absolute Gasteiger partial charge is 0.246 e. The molecule has 2 heterocycles. The molecule has 0 aromatic heterocycles. The minimum atomic E-state index is -3.79. The Kier molecular flexibility index (Phi) is 4.23. The highest BCUT2D eigenvalue weighted by atomic mass is 35.5. The lowest BCUT2D eigenvalue weighted by Crippen LogP contribution is -2.56. The van der Waals surface area contributed by atoms with E-state index in [9.17, 15) is 12.8 Å². The van der Waals surface area contributed by atoms with Crippen molar-refractivity contribution in [3.8, 4) is 0 Å². The van der Waals surface area contributed by atoms with E-state index in [1.807, 2.05) is 0 Å². The van der Waals surface area contributed by atoms with Gasteiger partial charge in [0.1, 0.15) is 10.7 Å². The first kappa shape index (κ1) is 15.2. The Morgan fingerprint density at radius 1 is 1.19 bits per heavy atom. The summed E-state index contributed by atoms with van der Waals surface area (Å²) in [5.41, 5.74) is 0. The first-order valence-corrected chi connectivity index (χ1v) is 8.99. The molecule has 3 rings (SSSR count). The number of nitrogens with zero attached hydrogens (tertiary/aromatic N) is 2. The Labute approximate surface area is 129 Å². The van der Waals surface area contributed by atoms with Crippen molar-refractivity contribution in [1.29, 1.82) is 0 Å². The Morgan fingerprint density at radius 3 is 2.76 bits per heavy atom. The van der Waals surface area contributed by atoms with E-state index in [-0.39, 0.29) is 16.0 Å². The summed E-state index contributed by atoms with van der Waals surface area (Å²) in [5.74, 6) is -0.784. The van der Waals surface area contributed by atoms with Crippen molar-refractivity contribution in [2.45, 2.75) is 30.2 Å². The molecular weight excluding hydrogens is 315 g/mol. The first-order valence-electron chi connectivity index (χ1n) is 7.18. The van der Waals surface area contributed by atoms with Crippen LogP contribution in [0.1, 0.15) is 19.3 Å². The largest absolute Gasteiger partial charge is 0.298 e. The number of fused-ring (bicyclic) bond motifs is 1. The van der Waals surface area contributed by atoms with Crippen LogP contribution in [0, 0.1) is 5.82 Å². The maximum absolute atomic E-state index is 13.9. The number of hydrogen-bond acceptors (Lipinski definition) is 3. The summed E-state index contributed by atoms with van der Waals surface area (Å²) in [5, 5.41) is 0.198. The van der Waals surface area contributed by atoms with Crippen LogP contribution in [0.15, 0.2) is 23.1 Å². The molecule has 2 aliphatic rings. The van der Waals surface area contributed by atoms with Crippen LogP contribution in [0.3, 0.4) is 0 Å². The van der Waals surface area contributed by atoms with Crippen molar-refractivity contribution < 1.29 is 12.8 Å². The predicted molar refractivity (Wildman–Crippen MR) is 79.4 cm³/mol. The fraction of sp³-hybridized carbons (Fsp3) is 0.571. The average Bonchev–Trinajstić information content (AvgIpc) is 2.46. The topological polar surface area (TPSA) is 40.6 Å². The van der Waals surface area contributed by atoms with Crippen LogP contribution >= 0.6 is 11.6 Å². The maximum atomic E-state index is 13.9. The summed E-state index contributed by atoms with van der Waals surface area (Å²) in [7, 11) is -3.79. The zero-order valence-electron chi connectivity index (χ0n) is 11.6. The van der Waals surface area contributed by atoms with Crippen LogP contribution in [-0.4, -0.2) is 49.8 Å². The van der Waals surface area contributed by atoms with Crippen molar-refractivity contribution in [2.75, 3.05) is 26.2 Å². The van der Waals surface area contributed by atoms with Gasteiger partial charge in [0.2, 0.25) is 10.0 Å². The van der Waals surface area contributed by atoms with Gasteiger partial charge in [-0.05, 0) is 37.6 Å². The van der Waals surface area contributed by atoms with Gasteiger partial charge >= 0.3 is 0 Å². The normalized spacial score (nSPS) is 24.8. The SMILES string of the molecule is O=S(=O)(c1ccc(Cl)cc1F)N1CCN2CCCCC2C1. The van der Waals surface area contributed by atoms with Crippen molar-refractivity contribution in [3.05, 3.63) is 29.0 Å². The van der Waals surface area contributed by atoms with E-state index >= 15 is 0 Å². The molecule has 1 aromatic rings. The molecule has 2 aliphatic heterocycles. The van der Waals surface area contributed by atoms with Gasteiger partial charge in [0.15, 0.2) is 0 Å². The minimum absolute atomic E-state index is 0.198. The highest BCUT2D eigenvalue weighted by Gasteiger charge is 2.36. The molecule has 7 heteroatoms. The molecule has 0 N–H and O–H groups in total. The molecule has 0 saturated carbocycles. The molecule has 2 saturated heterocycles. The van der Waals surface area contributed by atoms with Crippen LogP contribution < -0.4 is 0 Å². The van der Waals surface area contributed by atoms with E-state index in [0.717, 1.165) is 32.0 Å². The summed E-state index contributed by atoms with van der Waals surface area (Å²) >= 11 is 5.69. The van der Waals surface area contributed by atoms with Crippen molar-refractivity contribution in [1.82, 2.24) is 9.21 Å². The number of hydrogen-bond donors (Lipinski definition) is 0. The molecule has 1 unspecified atom stereocenters. The van der Waals surface area contributed by atoms with Gasteiger partial charge in [-0.2, -0.15) is 4.31 Å². The summed E-state index contributed by atoms with van der Waals surface area (Å²) in [4.78, 5) is 2.06. The molecule has 2 fully saturated rings. The number of piperazine rings is 1. The monoisotopic (exact) mass is 332 g/mol. The lowest BCUT2D eigenvalue weighted by molar-refractivity contribution is 0.0851. The number of piperidine rings is 1. The van der Waals surface area contributed by atoms with Gasteiger partial charge in [-0.3, -0.25) is 4.90 Å². The van der Waals surface area contributed by atoms with Crippen LogP contribution in [0.5, 0.6) is 0 Å². The van der Waals surface area contributed by atoms with E-state index < -0.39 is 15.8 Å². The van der Waals surface area contributed by atoms with Gasteiger partial charge in [0.05, 0.1) is 0 Å². The number of rotatable bonds is 2. The molecular formula is C14H18ClFN2O2S. The van der Waals surface area contributed by atoms with Gasteiger partial charge in [-0.25, -0.2) is 12.8 Å². The van der Waals surface area contributed by atoms with Gasteiger partial charge in [-0.15, -0.1) is 0 Å². The quantitative estimate of drug-likeness (QED) is 0.834. The third kappa shape index (κ3) is 2.95. The first-order chi connectivity index (χ1) is 9.98. The fourth-order valence-electron chi connectivity index (χ4n) is 3.17. The summed E-state index contributed by atoms with van der Waals surface area (Å²) in [6.45, 7) is 2.62. The van der Waals surface area contributed by atoms with Crippen molar-refractivity contribution >= 4 is 21.6 Å². The Morgan fingerprint density at radius 2 is 2.00 bits per heavy atom. The maximum Gasteiger partial charge on any atom is 0.246 e. The molecule has 1 aromatic carbocycles. The molecule has 0 amide bonds. The average molecular weight is 333 g/mol. The Balaban J connectivity index is 1.85. The van der Waals surface area contributed by atoms with Crippen molar-refractivity contribution in [3.63, 3.8) is 0 Å².